The molecule has 0 aromatic heterocycles. The maximum absolute atomic E-state index is 12.1. The highest BCUT2D eigenvalue weighted by Gasteiger charge is 2.35. The summed E-state index contributed by atoms with van der Waals surface area (Å²) in [7, 11) is 3.46. The van der Waals surface area contributed by atoms with Gasteiger partial charge in [0.2, 0.25) is 11.8 Å². The van der Waals surface area contributed by atoms with Gasteiger partial charge < -0.3 is 9.80 Å². The molecule has 4 heteroatoms. The number of nitrogens with zero attached hydrogens (tertiary/aromatic N) is 2. The summed E-state index contributed by atoms with van der Waals surface area (Å²) in [6.07, 6.45) is 0.310. The van der Waals surface area contributed by atoms with Crippen molar-refractivity contribution in [1.82, 2.24) is 4.90 Å². The predicted molar refractivity (Wildman–Crippen MR) is 75.1 cm³/mol. The summed E-state index contributed by atoms with van der Waals surface area (Å²) in [6, 6.07) is 6.06. The molecule has 1 atom stereocenters. The highest BCUT2D eigenvalue weighted by Crippen LogP contribution is 2.27. The summed E-state index contributed by atoms with van der Waals surface area (Å²) in [5.41, 5.74) is 3.16. The largest absolute Gasteiger partial charge is 0.349 e. The molecule has 1 unspecified atom stereocenters. The van der Waals surface area contributed by atoms with Gasteiger partial charge in [-0.05, 0) is 37.1 Å². The van der Waals surface area contributed by atoms with Crippen LogP contribution in [0.3, 0.4) is 0 Å². The molecule has 0 N–H and O–H groups in total. The van der Waals surface area contributed by atoms with Gasteiger partial charge in [-0.25, -0.2) is 0 Å². The van der Waals surface area contributed by atoms with Gasteiger partial charge in [0.05, 0.1) is 5.92 Å². The molecular weight excluding hydrogens is 240 g/mol. The average molecular weight is 260 g/mol. The molecule has 1 heterocycles. The highest BCUT2D eigenvalue weighted by atomic mass is 16.2. The molecule has 1 aliphatic rings. The van der Waals surface area contributed by atoms with E-state index in [1.165, 1.54) is 0 Å². The maximum atomic E-state index is 12.1. The number of amides is 2. The van der Waals surface area contributed by atoms with Gasteiger partial charge in [0, 0.05) is 32.7 Å². The zero-order valence-electron chi connectivity index (χ0n) is 11.9. The van der Waals surface area contributed by atoms with E-state index < -0.39 is 0 Å². The van der Waals surface area contributed by atoms with Crippen molar-refractivity contribution >= 4 is 17.5 Å². The van der Waals surface area contributed by atoms with Gasteiger partial charge in [0.15, 0.2) is 0 Å². The van der Waals surface area contributed by atoms with Crippen molar-refractivity contribution < 1.29 is 9.59 Å². The van der Waals surface area contributed by atoms with E-state index in [-0.39, 0.29) is 17.7 Å². The minimum absolute atomic E-state index is 0.0280. The summed E-state index contributed by atoms with van der Waals surface area (Å²) in [5, 5.41) is 0. The van der Waals surface area contributed by atoms with Crippen molar-refractivity contribution in [3.05, 3.63) is 29.3 Å². The number of benzene rings is 1. The number of hydrogen-bond acceptors (Lipinski definition) is 2. The summed E-state index contributed by atoms with van der Waals surface area (Å²) in [4.78, 5) is 27.3. The van der Waals surface area contributed by atoms with Crippen LogP contribution in [0, 0.1) is 19.8 Å². The molecule has 0 saturated carbocycles. The molecule has 0 aliphatic carbocycles. The quantitative estimate of drug-likeness (QED) is 0.812. The van der Waals surface area contributed by atoms with Crippen molar-refractivity contribution in [1.29, 1.82) is 0 Å². The number of carbonyl (C=O) groups excluding carboxylic acids is 2. The fraction of sp³-hybridized carbons (Fsp3) is 0.467. The third kappa shape index (κ3) is 2.78. The van der Waals surface area contributed by atoms with Gasteiger partial charge in [0.1, 0.15) is 0 Å². The van der Waals surface area contributed by atoms with Gasteiger partial charge >= 0.3 is 0 Å². The molecule has 102 valence electrons. The van der Waals surface area contributed by atoms with Crippen LogP contribution >= 0.6 is 0 Å². The second-order valence-electron chi connectivity index (χ2n) is 5.48. The van der Waals surface area contributed by atoms with E-state index in [1.807, 2.05) is 26.0 Å². The van der Waals surface area contributed by atoms with Crippen LogP contribution < -0.4 is 4.90 Å². The Hall–Kier alpha value is -1.84. The van der Waals surface area contributed by atoms with E-state index in [2.05, 4.69) is 6.07 Å². The van der Waals surface area contributed by atoms with E-state index >= 15 is 0 Å². The molecule has 1 aromatic carbocycles. The number of hydrogen-bond donors (Lipinski definition) is 0. The van der Waals surface area contributed by atoms with E-state index in [1.54, 1.807) is 23.9 Å². The van der Waals surface area contributed by atoms with Gasteiger partial charge in [0.25, 0.3) is 0 Å². The molecular formula is C15H20N2O2. The van der Waals surface area contributed by atoms with E-state index in [0.29, 0.717) is 13.0 Å². The number of carbonyl (C=O) groups is 2. The molecule has 1 fully saturated rings. The lowest BCUT2D eigenvalue weighted by Crippen LogP contribution is -2.32. The normalized spacial score (nSPS) is 18.8. The van der Waals surface area contributed by atoms with Crippen LogP contribution in [0.4, 0.5) is 5.69 Å². The van der Waals surface area contributed by atoms with Crippen molar-refractivity contribution in [2.75, 3.05) is 25.5 Å². The Morgan fingerprint density at radius 2 is 1.79 bits per heavy atom. The Kier molecular flexibility index (Phi) is 3.60. The van der Waals surface area contributed by atoms with Crippen molar-refractivity contribution in [3.63, 3.8) is 0 Å². The van der Waals surface area contributed by atoms with Crippen LogP contribution in [0.1, 0.15) is 17.5 Å². The molecule has 1 saturated heterocycles. The second kappa shape index (κ2) is 5.03. The van der Waals surface area contributed by atoms with Crippen molar-refractivity contribution in [3.8, 4) is 0 Å². The third-order valence-electron chi connectivity index (χ3n) is 3.43. The van der Waals surface area contributed by atoms with Gasteiger partial charge in [-0.2, -0.15) is 0 Å². The first-order valence-electron chi connectivity index (χ1n) is 6.48. The van der Waals surface area contributed by atoms with Crippen LogP contribution in [0.25, 0.3) is 0 Å². The summed E-state index contributed by atoms with van der Waals surface area (Å²) in [5.74, 6) is -0.159. The first-order valence-corrected chi connectivity index (χ1v) is 6.48. The number of rotatable bonds is 2. The van der Waals surface area contributed by atoms with Gasteiger partial charge in [-0.1, -0.05) is 6.07 Å². The topological polar surface area (TPSA) is 40.6 Å². The lowest BCUT2D eigenvalue weighted by atomic mass is 10.1. The molecule has 2 amide bonds. The van der Waals surface area contributed by atoms with Crippen LogP contribution in [-0.4, -0.2) is 37.4 Å². The van der Waals surface area contributed by atoms with Crippen molar-refractivity contribution in [2.45, 2.75) is 20.3 Å². The lowest BCUT2D eigenvalue weighted by molar-refractivity contribution is -0.133. The molecule has 0 radical (unpaired) electrons. The van der Waals surface area contributed by atoms with E-state index in [9.17, 15) is 9.59 Å². The average Bonchev–Trinajstić information content (AvgIpc) is 2.68. The molecule has 0 bridgehead atoms. The zero-order valence-corrected chi connectivity index (χ0v) is 11.9. The summed E-state index contributed by atoms with van der Waals surface area (Å²) in [6.45, 7) is 4.51. The van der Waals surface area contributed by atoms with E-state index in [0.717, 1.165) is 16.8 Å². The monoisotopic (exact) mass is 260 g/mol. The Bertz CT molecular complexity index is 503. The van der Waals surface area contributed by atoms with Crippen LogP contribution in [0.5, 0.6) is 0 Å². The number of anilines is 1. The summed E-state index contributed by atoms with van der Waals surface area (Å²) < 4.78 is 0. The minimum Gasteiger partial charge on any atom is -0.349 e. The lowest BCUT2D eigenvalue weighted by Gasteiger charge is -2.19. The van der Waals surface area contributed by atoms with Gasteiger partial charge in [-0.3, -0.25) is 9.59 Å². The molecule has 19 heavy (non-hydrogen) atoms. The molecule has 1 aromatic rings. The predicted octanol–water partition coefficient (Wildman–Crippen LogP) is 1.74. The first kappa shape index (κ1) is 13.6. The van der Waals surface area contributed by atoms with Crippen LogP contribution in [-0.2, 0) is 9.59 Å². The van der Waals surface area contributed by atoms with E-state index in [4.69, 9.17) is 0 Å². The molecule has 4 nitrogen and oxygen atoms in total. The number of aryl methyl sites for hydroxylation is 2. The molecule has 0 spiro atoms. The Labute approximate surface area is 114 Å². The molecule has 2 rings (SSSR count). The summed E-state index contributed by atoms with van der Waals surface area (Å²) >= 11 is 0. The SMILES string of the molecule is Cc1cc(C)cc(N2CC(C(=O)N(C)C)CC2=O)c1. The molecule has 1 aliphatic heterocycles. The standard InChI is InChI=1S/C15H20N2O2/c1-10-5-11(2)7-13(6-10)17-9-12(8-14(17)18)15(19)16(3)4/h5-7,12H,8-9H2,1-4H3. The van der Waals surface area contributed by atoms with Crippen LogP contribution in [0.2, 0.25) is 0 Å². The first-order chi connectivity index (χ1) is 8.88. The Morgan fingerprint density at radius 3 is 2.32 bits per heavy atom. The third-order valence-corrected chi connectivity index (χ3v) is 3.43. The fourth-order valence-electron chi connectivity index (χ4n) is 2.59. The second-order valence-corrected chi connectivity index (χ2v) is 5.48. The Balaban J connectivity index is 2.22. The smallest absolute Gasteiger partial charge is 0.227 e. The maximum Gasteiger partial charge on any atom is 0.227 e. The highest BCUT2D eigenvalue weighted by molar-refractivity contribution is 6.00. The van der Waals surface area contributed by atoms with Gasteiger partial charge in [-0.15, -0.1) is 0 Å². The van der Waals surface area contributed by atoms with Crippen LogP contribution in [0.15, 0.2) is 18.2 Å². The van der Waals surface area contributed by atoms with Crippen molar-refractivity contribution in [2.24, 2.45) is 5.92 Å². The minimum atomic E-state index is -0.219. The fourth-order valence-corrected chi connectivity index (χ4v) is 2.59. The zero-order chi connectivity index (χ0) is 14.2. The Morgan fingerprint density at radius 1 is 1.21 bits per heavy atom.